The summed E-state index contributed by atoms with van der Waals surface area (Å²) in [5, 5.41) is 2.65. The SMILES string of the molecule is [2H]C1CCCOC1OC([2H])([2H])CCCOc1ccc2c(c1)NC(=O)CC2([2H])[2H]. The molecular weight excluding hydrogens is 294 g/mol. The zero-order chi connectivity index (χ0) is 20.4. The third-order valence-corrected chi connectivity index (χ3v) is 3.59. The number of fused-ring (bicyclic) bond motifs is 1. The number of amides is 1. The largest absolute Gasteiger partial charge is 0.494 e. The summed E-state index contributed by atoms with van der Waals surface area (Å²) in [6.45, 7) is -1.20. The van der Waals surface area contributed by atoms with Crippen LogP contribution in [-0.2, 0) is 20.6 Å². The van der Waals surface area contributed by atoms with Crippen molar-refractivity contribution in [2.24, 2.45) is 0 Å². The molecule has 0 radical (unpaired) electrons. The van der Waals surface area contributed by atoms with Crippen LogP contribution in [0.15, 0.2) is 18.2 Å². The van der Waals surface area contributed by atoms with Gasteiger partial charge in [-0.05, 0) is 50.1 Å². The molecule has 2 unspecified atom stereocenters. The summed E-state index contributed by atoms with van der Waals surface area (Å²) < 4.78 is 56.0. The summed E-state index contributed by atoms with van der Waals surface area (Å²) in [6, 6.07) is 4.82. The molecular formula is C18H25NO4. The van der Waals surface area contributed by atoms with Gasteiger partial charge in [-0.1, -0.05) is 6.07 Å². The first-order valence-corrected chi connectivity index (χ1v) is 7.95. The number of hydrogen-bond acceptors (Lipinski definition) is 4. The van der Waals surface area contributed by atoms with Crippen LogP contribution in [0.2, 0.25) is 0 Å². The van der Waals surface area contributed by atoms with Gasteiger partial charge in [0.05, 0.1) is 9.35 Å². The topological polar surface area (TPSA) is 56.8 Å². The number of carbonyl (C=O) groups excluding carboxylic acids is 1. The second-order valence-corrected chi connectivity index (χ2v) is 5.44. The molecule has 126 valence electrons. The lowest BCUT2D eigenvalue weighted by Crippen LogP contribution is -2.22. The Morgan fingerprint density at radius 3 is 3.26 bits per heavy atom. The molecule has 1 saturated heterocycles. The molecule has 5 heteroatoms. The monoisotopic (exact) mass is 324 g/mol. The van der Waals surface area contributed by atoms with Crippen LogP contribution >= 0.6 is 0 Å². The number of hydrogen-bond donors (Lipinski definition) is 1. The van der Waals surface area contributed by atoms with E-state index in [1.54, 1.807) is 18.2 Å². The van der Waals surface area contributed by atoms with E-state index in [1.165, 1.54) is 0 Å². The fraction of sp³-hybridized carbons (Fsp3) is 0.611. The smallest absolute Gasteiger partial charge is 0.224 e. The molecule has 2 aliphatic rings. The molecule has 23 heavy (non-hydrogen) atoms. The highest BCUT2D eigenvalue weighted by molar-refractivity contribution is 5.94. The van der Waals surface area contributed by atoms with Crippen LogP contribution in [0.3, 0.4) is 0 Å². The molecule has 2 atom stereocenters. The average molecular weight is 324 g/mol. The summed E-state index contributed by atoms with van der Waals surface area (Å²) in [5.41, 5.74) is 0.815. The predicted octanol–water partition coefficient (Wildman–Crippen LogP) is 3.27. The number of rotatable bonds is 7. The number of carbonyl (C=O) groups is 1. The van der Waals surface area contributed by atoms with Crippen LogP contribution in [0.1, 0.15) is 50.9 Å². The van der Waals surface area contributed by atoms with Crippen molar-refractivity contribution in [3.8, 4) is 5.75 Å². The standard InChI is InChI=1S/C18H25NO4/c20-17-9-7-14-6-8-15(13-16(14)19-17)21-10-3-4-12-23-18-5-1-2-11-22-18/h6,8,13,18H,1-5,7,9-12H2,(H,19,20)/i5D,7D2,12D2. The molecule has 0 aliphatic carbocycles. The first kappa shape index (κ1) is 11.0. The van der Waals surface area contributed by atoms with E-state index in [9.17, 15) is 4.79 Å². The Kier molecular flexibility index (Phi) is 3.99. The Labute approximate surface area is 144 Å². The predicted molar refractivity (Wildman–Crippen MR) is 87.7 cm³/mol. The van der Waals surface area contributed by atoms with E-state index in [1.807, 2.05) is 0 Å². The van der Waals surface area contributed by atoms with E-state index >= 15 is 0 Å². The van der Waals surface area contributed by atoms with Gasteiger partial charge in [-0.3, -0.25) is 4.79 Å². The fourth-order valence-electron chi connectivity index (χ4n) is 2.40. The minimum absolute atomic E-state index is 0.0871. The molecule has 1 aromatic carbocycles. The van der Waals surface area contributed by atoms with Gasteiger partial charge < -0.3 is 19.5 Å². The maximum absolute atomic E-state index is 11.6. The van der Waals surface area contributed by atoms with Crippen molar-refractivity contribution in [2.45, 2.75) is 51.2 Å². The first-order chi connectivity index (χ1) is 13.2. The maximum atomic E-state index is 11.6. The molecule has 0 bridgehead atoms. The van der Waals surface area contributed by atoms with E-state index in [4.69, 9.17) is 21.1 Å². The zero-order valence-corrected chi connectivity index (χ0v) is 13.0. The number of aryl methyl sites for hydroxylation is 1. The van der Waals surface area contributed by atoms with Crippen LogP contribution in [0.5, 0.6) is 5.75 Å². The van der Waals surface area contributed by atoms with E-state index in [2.05, 4.69) is 5.32 Å². The lowest BCUT2D eigenvalue weighted by Gasteiger charge is -2.22. The van der Waals surface area contributed by atoms with E-state index in [0.717, 1.165) is 6.42 Å². The van der Waals surface area contributed by atoms with Crippen molar-refractivity contribution >= 4 is 11.6 Å². The van der Waals surface area contributed by atoms with Gasteiger partial charge in [0.15, 0.2) is 6.29 Å². The summed E-state index contributed by atoms with van der Waals surface area (Å²) in [5.74, 6) is 0.0951. The third-order valence-electron chi connectivity index (χ3n) is 3.59. The Bertz CT molecular complexity index is 715. The molecule has 0 spiro atoms. The van der Waals surface area contributed by atoms with Gasteiger partial charge in [-0.15, -0.1) is 0 Å². The van der Waals surface area contributed by atoms with Crippen LogP contribution in [0.4, 0.5) is 5.69 Å². The first-order valence-electron chi connectivity index (χ1n) is 10.5. The normalized spacial score (nSPS) is 29.9. The average Bonchev–Trinajstić information content (AvgIpc) is 2.59. The quantitative estimate of drug-likeness (QED) is 0.782. The zero-order valence-electron chi connectivity index (χ0n) is 18.0. The fourth-order valence-corrected chi connectivity index (χ4v) is 2.40. The highest BCUT2D eigenvalue weighted by Crippen LogP contribution is 2.27. The lowest BCUT2D eigenvalue weighted by atomic mass is 10.0. The second-order valence-electron chi connectivity index (χ2n) is 5.44. The van der Waals surface area contributed by atoms with E-state index in [0.29, 0.717) is 36.4 Å². The van der Waals surface area contributed by atoms with Crippen LogP contribution in [0.25, 0.3) is 0 Å². The molecule has 0 saturated carbocycles. The Morgan fingerprint density at radius 2 is 2.35 bits per heavy atom. The Balaban J connectivity index is 1.48. The van der Waals surface area contributed by atoms with E-state index < -0.39 is 25.6 Å². The minimum atomic E-state index is -1.91. The van der Waals surface area contributed by atoms with Gasteiger partial charge in [0.2, 0.25) is 5.91 Å². The molecule has 2 aliphatic heterocycles. The van der Waals surface area contributed by atoms with Gasteiger partial charge in [-0.25, -0.2) is 0 Å². The van der Waals surface area contributed by atoms with Gasteiger partial charge in [0.1, 0.15) is 5.75 Å². The molecule has 1 fully saturated rings. The highest BCUT2D eigenvalue weighted by atomic mass is 16.7. The van der Waals surface area contributed by atoms with Crippen LogP contribution < -0.4 is 10.1 Å². The van der Waals surface area contributed by atoms with Crippen molar-refractivity contribution in [3.63, 3.8) is 0 Å². The van der Waals surface area contributed by atoms with Crippen molar-refractivity contribution in [2.75, 3.05) is 25.1 Å². The molecule has 1 N–H and O–H groups in total. The van der Waals surface area contributed by atoms with Crippen molar-refractivity contribution < 1.29 is 25.9 Å². The number of nitrogens with one attached hydrogen (secondary N) is 1. The van der Waals surface area contributed by atoms with Gasteiger partial charge in [0.25, 0.3) is 0 Å². The van der Waals surface area contributed by atoms with Crippen molar-refractivity contribution in [3.05, 3.63) is 23.8 Å². The third kappa shape index (κ3) is 4.94. The molecule has 1 amide bonds. The molecule has 1 aromatic rings. The van der Waals surface area contributed by atoms with Gasteiger partial charge in [-0.2, -0.15) is 0 Å². The van der Waals surface area contributed by atoms with Crippen molar-refractivity contribution in [1.82, 2.24) is 0 Å². The van der Waals surface area contributed by atoms with Crippen LogP contribution in [-0.4, -0.2) is 32.0 Å². The molecule has 2 heterocycles. The van der Waals surface area contributed by atoms with E-state index in [-0.39, 0.29) is 25.4 Å². The molecule has 5 nitrogen and oxygen atoms in total. The Morgan fingerprint density at radius 1 is 1.39 bits per heavy atom. The van der Waals surface area contributed by atoms with Gasteiger partial charge >= 0.3 is 0 Å². The Hall–Kier alpha value is -1.59. The van der Waals surface area contributed by atoms with Crippen LogP contribution in [0, 0.1) is 0 Å². The minimum Gasteiger partial charge on any atom is -0.494 e. The van der Waals surface area contributed by atoms with Gasteiger partial charge in [0, 0.05) is 35.5 Å². The lowest BCUT2D eigenvalue weighted by molar-refractivity contribution is -0.162. The molecule has 3 rings (SSSR count). The summed E-state index contributed by atoms with van der Waals surface area (Å²) in [7, 11) is 0. The number of ether oxygens (including phenoxy) is 3. The maximum Gasteiger partial charge on any atom is 0.224 e. The molecule has 0 aromatic heterocycles. The summed E-state index contributed by atoms with van der Waals surface area (Å²) >= 11 is 0. The highest BCUT2D eigenvalue weighted by Gasteiger charge is 2.15. The number of benzene rings is 1. The number of anilines is 1. The second kappa shape index (κ2) is 8.31. The summed E-state index contributed by atoms with van der Waals surface area (Å²) in [4.78, 5) is 11.6. The van der Waals surface area contributed by atoms with Crippen molar-refractivity contribution in [1.29, 1.82) is 0 Å². The summed E-state index contributed by atoms with van der Waals surface area (Å²) in [6.07, 6.45) is -1.45.